The van der Waals surface area contributed by atoms with Crippen LogP contribution < -0.4 is 10.5 Å². The molecule has 0 atom stereocenters. The summed E-state index contributed by atoms with van der Waals surface area (Å²) in [5.74, 6) is -0.737. The minimum Gasteiger partial charge on any atom is -0.396 e. The van der Waals surface area contributed by atoms with Crippen LogP contribution in [0.25, 0.3) is 0 Å². The van der Waals surface area contributed by atoms with Gasteiger partial charge in [0.1, 0.15) is 10.7 Å². The van der Waals surface area contributed by atoms with Gasteiger partial charge in [-0.2, -0.15) is 0 Å². The highest BCUT2D eigenvalue weighted by molar-refractivity contribution is 7.89. The first kappa shape index (κ1) is 16.2. The van der Waals surface area contributed by atoms with E-state index >= 15 is 0 Å². The third kappa shape index (κ3) is 4.63. The fourth-order valence-corrected chi connectivity index (χ4v) is 2.97. The van der Waals surface area contributed by atoms with Crippen LogP contribution in [0, 0.1) is 11.2 Å². The summed E-state index contributed by atoms with van der Waals surface area (Å²) in [5, 5.41) is -0.185. The Morgan fingerprint density at radius 1 is 1.37 bits per heavy atom. The molecule has 0 aliphatic rings. The van der Waals surface area contributed by atoms with Gasteiger partial charge in [-0.3, -0.25) is 0 Å². The van der Waals surface area contributed by atoms with Gasteiger partial charge < -0.3 is 5.73 Å². The zero-order valence-electron chi connectivity index (χ0n) is 11.1. The number of sulfonamides is 1. The average Bonchev–Trinajstić information content (AvgIpc) is 2.20. The average molecular weight is 309 g/mol. The second-order valence-corrected chi connectivity index (χ2v) is 7.66. The van der Waals surface area contributed by atoms with E-state index in [1.165, 1.54) is 0 Å². The van der Waals surface area contributed by atoms with Crippen molar-refractivity contribution in [2.24, 2.45) is 5.41 Å². The van der Waals surface area contributed by atoms with Crippen molar-refractivity contribution in [2.75, 3.05) is 12.3 Å². The van der Waals surface area contributed by atoms with Crippen molar-refractivity contribution in [1.29, 1.82) is 0 Å². The molecule has 0 aromatic heterocycles. The first-order chi connectivity index (χ1) is 8.53. The van der Waals surface area contributed by atoms with Crippen LogP contribution in [0.2, 0.25) is 5.02 Å². The van der Waals surface area contributed by atoms with Gasteiger partial charge in [0.2, 0.25) is 10.0 Å². The molecule has 1 aromatic carbocycles. The largest absolute Gasteiger partial charge is 0.396 e. The number of halogens is 2. The first-order valence-electron chi connectivity index (χ1n) is 5.77. The fourth-order valence-electron chi connectivity index (χ4n) is 1.39. The maximum absolute atomic E-state index is 13.1. The van der Waals surface area contributed by atoms with Gasteiger partial charge in [-0.15, -0.1) is 0 Å². The molecule has 0 heterocycles. The molecule has 0 saturated heterocycles. The topological polar surface area (TPSA) is 72.2 Å². The van der Waals surface area contributed by atoms with Crippen molar-refractivity contribution in [3.63, 3.8) is 0 Å². The molecule has 4 nitrogen and oxygen atoms in total. The van der Waals surface area contributed by atoms with Gasteiger partial charge in [-0.1, -0.05) is 32.4 Å². The summed E-state index contributed by atoms with van der Waals surface area (Å²) in [6.45, 7) is 6.29. The second kappa shape index (κ2) is 5.64. The van der Waals surface area contributed by atoms with E-state index in [-0.39, 0.29) is 27.6 Å². The smallest absolute Gasteiger partial charge is 0.242 e. The predicted octanol–water partition coefficient (Wildman–Crippen LogP) is 2.78. The number of nitrogen functional groups attached to an aromatic ring is 1. The molecular weight excluding hydrogens is 291 g/mol. The Labute approximate surface area is 118 Å². The van der Waals surface area contributed by atoms with Crippen molar-refractivity contribution < 1.29 is 12.8 Å². The van der Waals surface area contributed by atoms with E-state index < -0.39 is 15.8 Å². The van der Waals surface area contributed by atoms with Crippen LogP contribution in [0.1, 0.15) is 27.2 Å². The molecule has 0 aliphatic carbocycles. The summed E-state index contributed by atoms with van der Waals surface area (Å²) in [4.78, 5) is -0.207. The van der Waals surface area contributed by atoms with Gasteiger partial charge in [0.05, 0.1) is 10.7 Å². The predicted molar refractivity (Wildman–Crippen MR) is 75.1 cm³/mol. The van der Waals surface area contributed by atoms with Gasteiger partial charge in [0.25, 0.3) is 0 Å². The number of rotatable bonds is 4. The molecule has 3 N–H and O–H groups in total. The number of benzene rings is 1. The second-order valence-electron chi connectivity index (χ2n) is 5.51. The number of nitrogens with two attached hydrogens (primary N) is 1. The lowest BCUT2D eigenvalue weighted by molar-refractivity contribution is 0.378. The van der Waals surface area contributed by atoms with Crippen molar-refractivity contribution >= 4 is 27.3 Å². The number of nitrogens with one attached hydrogen (secondary N) is 1. The Balaban J connectivity index is 2.92. The summed E-state index contributed by atoms with van der Waals surface area (Å²) in [5.41, 5.74) is 5.12. The summed E-state index contributed by atoms with van der Waals surface area (Å²) < 4.78 is 39.6. The lowest BCUT2D eigenvalue weighted by atomic mass is 9.93. The first-order valence-corrected chi connectivity index (χ1v) is 7.63. The Morgan fingerprint density at radius 3 is 2.47 bits per heavy atom. The monoisotopic (exact) mass is 308 g/mol. The Kier molecular flexibility index (Phi) is 4.81. The third-order valence-corrected chi connectivity index (χ3v) is 4.43. The molecule has 0 radical (unpaired) electrons. The molecule has 1 rings (SSSR count). The van der Waals surface area contributed by atoms with Crippen LogP contribution in [0.5, 0.6) is 0 Å². The van der Waals surface area contributed by atoms with Crippen molar-refractivity contribution in [3.8, 4) is 0 Å². The Morgan fingerprint density at radius 2 is 1.95 bits per heavy atom. The van der Waals surface area contributed by atoms with Crippen LogP contribution in [0.15, 0.2) is 17.0 Å². The van der Waals surface area contributed by atoms with E-state index in [0.29, 0.717) is 6.42 Å². The van der Waals surface area contributed by atoms with Crippen molar-refractivity contribution in [2.45, 2.75) is 32.1 Å². The van der Waals surface area contributed by atoms with Crippen LogP contribution in [-0.4, -0.2) is 15.0 Å². The quantitative estimate of drug-likeness (QED) is 0.840. The molecule has 0 spiro atoms. The fraction of sp³-hybridized carbons (Fsp3) is 0.500. The maximum Gasteiger partial charge on any atom is 0.242 e. The van der Waals surface area contributed by atoms with Crippen molar-refractivity contribution in [1.82, 2.24) is 4.72 Å². The molecule has 0 bridgehead atoms. The van der Waals surface area contributed by atoms with E-state index in [1.807, 2.05) is 20.8 Å². The Hall–Kier alpha value is -0.850. The van der Waals surface area contributed by atoms with E-state index in [2.05, 4.69) is 4.72 Å². The minimum absolute atomic E-state index is 0.00807. The normalized spacial score (nSPS) is 12.7. The van der Waals surface area contributed by atoms with Gasteiger partial charge in [0, 0.05) is 6.54 Å². The van der Waals surface area contributed by atoms with Gasteiger partial charge in [0.15, 0.2) is 0 Å². The Bertz CT molecular complexity index is 568. The molecule has 108 valence electrons. The van der Waals surface area contributed by atoms with Crippen LogP contribution in [0.3, 0.4) is 0 Å². The molecule has 0 fully saturated rings. The van der Waals surface area contributed by atoms with E-state index in [9.17, 15) is 12.8 Å². The van der Waals surface area contributed by atoms with E-state index in [1.54, 1.807) is 0 Å². The van der Waals surface area contributed by atoms with Gasteiger partial charge >= 0.3 is 0 Å². The summed E-state index contributed by atoms with van der Waals surface area (Å²) in [7, 11) is -3.78. The van der Waals surface area contributed by atoms with Crippen molar-refractivity contribution in [3.05, 3.63) is 23.0 Å². The lowest BCUT2D eigenvalue weighted by Crippen LogP contribution is -2.27. The maximum atomic E-state index is 13.1. The summed E-state index contributed by atoms with van der Waals surface area (Å²) in [6, 6.07) is 1.92. The summed E-state index contributed by atoms with van der Waals surface area (Å²) in [6.07, 6.45) is 0.667. The third-order valence-electron chi connectivity index (χ3n) is 2.51. The highest BCUT2D eigenvalue weighted by atomic mass is 35.5. The molecular formula is C12H18ClFN2O2S. The van der Waals surface area contributed by atoms with Gasteiger partial charge in [-0.25, -0.2) is 17.5 Å². The molecule has 19 heavy (non-hydrogen) atoms. The molecule has 0 aliphatic heterocycles. The minimum atomic E-state index is -3.78. The molecule has 0 unspecified atom stereocenters. The molecule has 0 saturated carbocycles. The zero-order valence-corrected chi connectivity index (χ0v) is 12.7. The highest BCUT2D eigenvalue weighted by Gasteiger charge is 2.20. The number of hydrogen-bond acceptors (Lipinski definition) is 3. The standard InChI is InChI=1S/C12H18ClFN2O2S/c1-12(2,3)4-5-16-19(17,18)11-7-10(15)9(14)6-8(11)13/h6-7,16H,4-5,15H2,1-3H3. The molecule has 1 aromatic rings. The molecule has 0 amide bonds. The summed E-state index contributed by atoms with van der Waals surface area (Å²) >= 11 is 5.74. The van der Waals surface area contributed by atoms with Gasteiger partial charge in [-0.05, 0) is 24.0 Å². The number of anilines is 1. The van der Waals surface area contributed by atoms with E-state index in [4.69, 9.17) is 17.3 Å². The SMILES string of the molecule is CC(C)(C)CCNS(=O)(=O)c1cc(N)c(F)cc1Cl. The van der Waals surface area contributed by atoms with Crippen LogP contribution >= 0.6 is 11.6 Å². The number of hydrogen-bond donors (Lipinski definition) is 2. The van der Waals surface area contributed by atoms with Crippen LogP contribution in [-0.2, 0) is 10.0 Å². The molecule has 7 heteroatoms. The van der Waals surface area contributed by atoms with Crippen LogP contribution in [0.4, 0.5) is 10.1 Å². The lowest BCUT2D eigenvalue weighted by Gasteiger charge is -2.18. The zero-order chi connectivity index (χ0) is 14.8. The van der Waals surface area contributed by atoms with E-state index in [0.717, 1.165) is 12.1 Å². The highest BCUT2D eigenvalue weighted by Crippen LogP contribution is 2.26.